The van der Waals surface area contributed by atoms with Crippen LogP contribution >= 0.6 is 22.6 Å². The van der Waals surface area contributed by atoms with Crippen LogP contribution in [-0.4, -0.2) is 46.9 Å². The van der Waals surface area contributed by atoms with Crippen molar-refractivity contribution in [3.05, 3.63) is 45.5 Å². The highest BCUT2D eigenvalue weighted by Gasteiger charge is 2.21. The number of amides is 1. The molecule has 0 saturated heterocycles. The van der Waals surface area contributed by atoms with E-state index in [1.165, 1.54) is 40.4 Å². The molecule has 0 bridgehead atoms. The molecule has 0 aliphatic carbocycles. The Bertz CT molecular complexity index is 906. The fraction of sp³-hybridized carbons (Fsp3) is 0.235. The van der Waals surface area contributed by atoms with Gasteiger partial charge in [0.05, 0.1) is 24.7 Å². The number of hydrogen-bond donors (Lipinski definition) is 1. The molecule has 140 valence electrons. The zero-order valence-corrected chi connectivity index (χ0v) is 17.7. The molecule has 0 heterocycles. The van der Waals surface area contributed by atoms with Gasteiger partial charge in [-0.3, -0.25) is 4.79 Å². The van der Waals surface area contributed by atoms with Crippen molar-refractivity contribution in [3.63, 3.8) is 0 Å². The van der Waals surface area contributed by atoms with Crippen LogP contribution in [0.5, 0.6) is 11.5 Å². The van der Waals surface area contributed by atoms with Gasteiger partial charge in [0, 0.05) is 41.6 Å². The van der Waals surface area contributed by atoms with E-state index < -0.39 is 15.9 Å². The minimum atomic E-state index is -3.63. The zero-order valence-electron chi connectivity index (χ0n) is 14.7. The second kappa shape index (κ2) is 8.23. The van der Waals surface area contributed by atoms with E-state index in [0.29, 0.717) is 20.8 Å². The lowest BCUT2D eigenvalue weighted by Crippen LogP contribution is -2.23. The molecule has 0 fully saturated rings. The molecule has 1 amide bonds. The summed E-state index contributed by atoms with van der Waals surface area (Å²) in [7, 11) is 2.27. The molecule has 0 spiro atoms. The standard InChI is InChI=1S/C17H19IN2O5S/c1-20(2)26(22,23)14-5-6-16(18)15(10-14)17(21)19-11-7-12(24-3)9-13(8-11)25-4/h5-10H,1-4H3,(H,19,21). The van der Waals surface area contributed by atoms with Crippen LogP contribution in [0.25, 0.3) is 0 Å². The number of rotatable bonds is 6. The fourth-order valence-corrected chi connectivity index (χ4v) is 3.64. The van der Waals surface area contributed by atoms with Crippen LogP contribution in [0.4, 0.5) is 5.69 Å². The maximum atomic E-state index is 12.7. The predicted octanol–water partition coefficient (Wildman–Crippen LogP) is 2.81. The van der Waals surface area contributed by atoms with Crippen LogP contribution < -0.4 is 14.8 Å². The Hall–Kier alpha value is -1.85. The Kier molecular flexibility index (Phi) is 6.48. The molecule has 9 heteroatoms. The Balaban J connectivity index is 2.39. The maximum Gasteiger partial charge on any atom is 0.256 e. The molecule has 1 N–H and O–H groups in total. The summed E-state index contributed by atoms with van der Waals surface area (Å²) < 4.78 is 36.7. The number of sulfonamides is 1. The molecule has 7 nitrogen and oxygen atoms in total. The average Bonchev–Trinajstić information content (AvgIpc) is 2.61. The molecular formula is C17H19IN2O5S. The lowest BCUT2D eigenvalue weighted by molar-refractivity contribution is 0.102. The number of nitrogens with one attached hydrogen (secondary N) is 1. The van der Waals surface area contributed by atoms with E-state index in [1.807, 2.05) is 22.6 Å². The van der Waals surface area contributed by atoms with Crippen LogP contribution in [0.2, 0.25) is 0 Å². The second-order valence-corrected chi connectivity index (χ2v) is 8.80. The highest BCUT2D eigenvalue weighted by atomic mass is 127. The first-order valence-electron chi connectivity index (χ1n) is 7.45. The van der Waals surface area contributed by atoms with E-state index in [1.54, 1.807) is 24.3 Å². The number of carbonyl (C=O) groups is 1. The van der Waals surface area contributed by atoms with Gasteiger partial charge >= 0.3 is 0 Å². The van der Waals surface area contributed by atoms with E-state index in [0.717, 1.165) is 4.31 Å². The minimum Gasteiger partial charge on any atom is -0.497 e. The average molecular weight is 490 g/mol. The van der Waals surface area contributed by atoms with Crippen molar-refractivity contribution in [1.82, 2.24) is 4.31 Å². The molecule has 0 radical (unpaired) electrons. The Morgan fingerprint density at radius 3 is 2.12 bits per heavy atom. The summed E-state index contributed by atoms with van der Waals surface area (Å²) in [6.07, 6.45) is 0. The van der Waals surface area contributed by atoms with Crippen LogP contribution in [-0.2, 0) is 10.0 Å². The molecular weight excluding hydrogens is 471 g/mol. The monoisotopic (exact) mass is 490 g/mol. The lowest BCUT2D eigenvalue weighted by atomic mass is 10.2. The van der Waals surface area contributed by atoms with Crippen molar-refractivity contribution >= 4 is 44.2 Å². The normalized spacial score (nSPS) is 11.3. The maximum absolute atomic E-state index is 12.7. The number of benzene rings is 2. The predicted molar refractivity (Wildman–Crippen MR) is 108 cm³/mol. The number of halogens is 1. The smallest absolute Gasteiger partial charge is 0.256 e. The highest BCUT2D eigenvalue weighted by Crippen LogP contribution is 2.27. The van der Waals surface area contributed by atoms with Crippen molar-refractivity contribution < 1.29 is 22.7 Å². The van der Waals surface area contributed by atoms with Crippen LogP contribution in [0.15, 0.2) is 41.3 Å². The van der Waals surface area contributed by atoms with Crippen LogP contribution in [0.1, 0.15) is 10.4 Å². The Labute approximate surface area is 166 Å². The first-order valence-corrected chi connectivity index (χ1v) is 9.97. The molecule has 0 aliphatic heterocycles. The number of methoxy groups -OCH3 is 2. The number of nitrogens with zero attached hydrogens (tertiary/aromatic N) is 1. The topological polar surface area (TPSA) is 84.9 Å². The van der Waals surface area contributed by atoms with Gasteiger partial charge in [-0.05, 0) is 40.8 Å². The third kappa shape index (κ3) is 4.46. The number of carbonyl (C=O) groups excluding carboxylic acids is 1. The molecule has 2 aromatic carbocycles. The van der Waals surface area contributed by atoms with Crippen LogP contribution in [0, 0.1) is 3.57 Å². The van der Waals surface area contributed by atoms with Gasteiger partial charge in [-0.25, -0.2) is 12.7 Å². The van der Waals surface area contributed by atoms with Gasteiger partial charge in [0.15, 0.2) is 0 Å². The van der Waals surface area contributed by atoms with Crippen molar-refractivity contribution in [2.75, 3.05) is 33.6 Å². The Morgan fingerprint density at radius 2 is 1.62 bits per heavy atom. The number of ether oxygens (including phenoxy) is 2. The van der Waals surface area contributed by atoms with Crippen molar-refractivity contribution in [2.45, 2.75) is 4.90 Å². The van der Waals surface area contributed by atoms with Gasteiger partial charge in [-0.15, -0.1) is 0 Å². The fourth-order valence-electron chi connectivity index (χ4n) is 2.13. The minimum absolute atomic E-state index is 0.0521. The van der Waals surface area contributed by atoms with Gasteiger partial charge in [0.25, 0.3) is 5.91 Å². The number of anilines is 1. The van der Waals surface area contributed by atoms with Gasteiger partial charge in [-0.2, -0.15) is 0 Å². The third-order valence-electron chi connectivity index (χ3n) is 3.57. The lowest BCUT2D eigenvalue weighted by Gasteiger charge is -2.14. The summed E-state index contributed by atoms with van der Waals surface area (Å²) in [6.45, 7) is 0. The van der Waals surface area contributed by atoms with Gasteiger partial charge < -0.3 is 14.8 Å². The first kappa shape index (κ1) is 20.5. The zero-order chi connectivity index (χ0) is 19.5. The van der Waals surface area contributed by atoms with E-state index in [2.05, 4.69) is 5.32 Å². The molecule has 0 atom stereocenters. The van der Waals surface area contributed by atoms with E-state index >= 15 is 0 Å². The quantitative estimate of drug-likeness (QED) is 0.630. The summed E-state index contributed by atoms with van der Waals surface area (Å²) in [6, 6.07) is 9.41. The summed E-state index contributed by atoms with van der Waals surface area (Å²) in [5.41, 5.74) is 0.734. The van der Waals surface area contributed by atoms with Crippen molar-refractivity contribution in [2.24, 2.45) is 0 Å². The summed E-state index contributed by atoms with van der Waals surface area (Å²) in [4.78, 5) is 12.7. The van der Waals surface area contributed by atoms with Crippen LogP contribution in [0.3, 0.4) is 0 Å². The molecule has 0 aromatic heterocycles. The summed E-state index contributed by atoms with van der Waals surface area (Å²) in [5, 5.41) is 2.74. The molecule has 26 heavy (non-hydrogen) atoms. The van der Waals surface area contributed by atoms with E-state index in [4.69, 9.17) is 9.47 Å². The largest absolute Gasteiger partial charge is 0.497 e. The summed E-state index contributed by atoms with van der Waals surface area (Å²) >= 11 is 1.99. The summed E-state index contributed by atoms with van der Waals surface area (Å²) in [5.74, 6) is 0.622. The molecule has 2 aromatic rings. The van der Waals surface area contributed by atoms with E-state index in [9.17, 15) is 13.2 Å². The van der Waals surface area contributed by atoms with Crippen molar-refractivity contribution in [3.8, 4) is 11.5 Å². The molecule has 2 rings (SSSR count). The van der Waals surface area contributed by atoms with Crippen molar-refractivity contribution in [1.29, 1.82) is 0 Å². The molecule has 0 unspecified atom stereocenters. The number of hydrogen-bond acceptors (Lipinski definition) is 5. The highest BCUT2D eigenvalue weighted by molar-refractivity contribution is 14.1. The SMILES string of the molecule is COc1cc(NC(=O)c2cc(S(=O)(=O)N(C)C)ccc2I)cc(OC)c1. The molecule has 0 aliphatic rings. The molecule has 0 saturated carbocycles. The first-order chi connectivity index (χ1) is 12.2. The van der Waals surface area contributed by atoms with Gasteiger partial charge in [0.2, 0.25) is 10.0 Å². The second-order valence-electron chi connectivity index (χ2n) is 5.48. The third-order valence-corrected chi connectivity index (χ3v) is 6.32. The van der Waals surface area contributed by atoms with Gasteiger partial charge in [-0.1, -0.05) is 0 Å². The van der Waals surface area contributed by atoms with Gasteiger partial charge in [0.1, 0.15) is 11.5 Å². The Morgan fingerprint density at radius 1 is 1.04 bits per heavy atom. The van der Waals surface area contributed by atoms with E-state index in [-0.39, 0.29) is 10.5 Å².